The maximum absolute atomic E-state index is 9.85. The van der Waals surface area contributed by atoms with Crippen molar-refractivity contribution in [1.82, 2.24) is 0 Å². The second-order valence-electron chi connectivity index (χ2n) is 7.44. The van der Waals surface area contributed by atoms with Crippen LogP contribution >= 0.6 is 23.2 Å². The van der Waals surface area contributed by atoms with Crippen LogP contribution in [-0.4, -0.2) is 31.3 Å². The van der Waals surface area contributed by atoms with Crippen molar-refractivity contribution in [3.63, 3.8) is 0 Å². The average molecular weight is 511 g/mol. The number of halogens is 2. The third kappa shape index (κ3) is 5.40. The number of aromatic hydroxyl groups is 2. The van der Waals surface area contributed by atoms with Gasteiger partial charge in [-0.25, -0.2) is 9.59 Å². The molecule has 6 nitrogen and oxygen atoms in total. The molecule has 0 spiro atoms. The zero-order chi connectivity index (χ0) is 25.6. The first-order chi connectivity index (χ1) is 16.7. The summed E-state index contributed by atoms with van der Waals surface area (Å²) in [6, 6.07) is 31.9. The van der Waals surface area contributed by atoms with E-state index in [2.05, 4.69) is 71.7 Å². The summed E-state index contributed by atoms with van der Waals surface area (Å²) in [6.07, 6.45) is 0. The maximum atomic E-state index is 9.85. The van der Waals surface area contributed by atoms with Gasteiger partial charge in [0.25, 0.3) is 0 Å². The quantitative estimate of drug-likeness (QED) is 0.185. The number of hydrogen-bond acceptors (Lipinski definition) is 4. The Hall–Kier alpha value is -4.00. The van der Waals surface area contributed by atoms with E-state index < -0.39 is 16.3 Å². The zero-order valence-electron chi connectivity index (χ0n) is 18.1. The van der Waals surface area contributed by atoms with Crippen molar-refractivity contribution in [2.75, 3.05) is 0 Å². The van der Waals surface area contributed by atoms with Crippen LogP contribution in [0.25, 0.3) is 11.1 Å². The number of carbonyl (C=O) groups is 2. The van der Waals surface area contributed by atoms with Gasteiger partial charge in [-0.3, -0.25) is 0 Å². The lowest BCUT2D eigenvalue weighted by atomic mass is 9.68. The van der Waals surface area contributed by atoms with E-state index in [0.29, 0.717) is 0 Å². The molecule has 4 aromatic rings. The van der Waals surface area contributed by atoms with Gasteiger partial charge in [-0.1, -0.05) is 72.8 Å². The Bertz CT molecular complexity index is 1220. The fourth-order valence-electron chi connectivity index (χ4n) is 4.45. The Balaban J connectivity index is 0.000000376. The molecule has 0 bridgehead atoms. The molecule has 0 heterocycles. The smallest absolute Gasteiger partial charge is 0.401 e. The highest BCUT2D eigenvalue weighted by Gasteiger charge is 2.45. The molecular formula is C27H20Cl2O6. The van der Waals surface area contributed by atoms with E-state index in [4.69, 9.17) is 19.8 Å². The van der Waals surface area contributed by atoms with Gasteiger partial charge in [0, 0.05) is 23.2 Å². The van der Waals surface area contributed by atoms with Crippen molar-refractivity contribution in [2.45, 2.75) is 5.41 Å². The van der Waals surface area contributed by atoms with Gasteiger partial charge in [0.05, 0.1) is 5.41 Å². The van der Waals surface area contributed by atoms with Crippen LogP contribution in [0.15, 0.2) is 97.1 Å². The van der Waals surface area contributed by atoms with Crippen LogP contribution in [0.5, 0.6) is 11.5 Å². The topological polar surface area (TPSA) is 115 Å². The molecule has 0 aliphatic heterocycles. The molecule has 5 rings (SSSR count). The molecule has 0 fully saturated rings. The lowest BCUT2D eigenvalue weighted by Gasteiger charge is -2.33. The second-order valence-corrected chi connectivity index (χ2v) is 8.09. The van der Waals surface area contributed by atoms with Gasteiger partial charge in [0.1, 0.15) is 11.5 Å². The fourth-order valence-corrected chi connectivity index (χ4v) is 4.45. The number of benzene rings is 4. The van der Waals surface area contributed by atoms with E-state index in [9.17, 15) is 10.2 Å². The predicted octanol–water partition coefficient (Wildman–Crippen LogP) is 7.27. The van der Waals surface area contributed by atoms with E-state index in [-0.39, 0.29) is 11.5 Å². The molecule has 0 unspecified atom stereocenters. The summed E-state index contributed by atoms with van der Waals surface area (Å²) >= 11 is 8.38. The Morgan fingerprint density at radius 2 is 0.829 bits per heavy atom. The van der Waals surface area contributed by atoms with Crippen LogP contribution in [0.1, 0.15) is 22.3 Å². The van der Waals surface area contributed by atoms with Crippen LogP contribution in [0, 0.1) is 0 Å². The van der Waals surface area contributed by atoms with Crippen LogP contribution in [0.4, 0.5) is 9.59 Å². The zero-order valence-corrected chi connectivity index (χ0v) is 19.6. The Morgan fingerprint density at radius 3 is 1.14 bits per heavy atom. The lowest BCUT2D eigenvalue weighted by Crippen LogP contribution is -2.28. The summed E-state index contributed by atoms with van der Waals surface area (Å²) in [6.45, 7) is 0. The monoisotopic (exact) mass is 510 g/mol. The van der Waals surface area contributed by atoms with Crippen molar-refractivity contribution in [2.24, 2.45) is 0 Å². The first-order valence-electron chi connectivity index (χ1n) is 10.2. The summed E-state index contributed by atoms with van der Waals surface area (Å²) < 4.78 is 0. The van der Waals surface area contributed by atoms with Crippen molar-refractivity contribution in [3.8, 4) is 22.6 Å². The van der Waals surface area contributed by atoms with Crippen molar-refractivity contribution in [1.29, 1.82) is 0 Å². The number of fused-ring (bicyclic) bond motifs is 3. The van der Waals surface area contributed by atoms with Crippen LogP contribution in [-0.2, 0) is 5.41 Å². The van der Waals surface area contributed by atoms with E-state index in [1.807, 2.05) is 24.3 Å². The minimum atomic E-state index is -1.36. The molecule has 178 valence electrons. The van der Waals surface area contributed by atoms with E-state index in [1.165, 1.54) is 22.3 Å². The van der Waals surface area contributed by atoms with Gasteiger partial charge < -0.3 is 20.4 Å². The molecule has 0 saturated carbocycles. The average Bonchev–Trinajstić information content (AvgIpc) is 3.11. The molecule has 1 aliphatic rings. The van der Waals surface area contributed by atoms with E-state index in [1.54, 1.807) is 24.3 Å². The van der Waals surface area contributed by atoms with Crippen LogP contribution in [0.3, 0.4) is 0 Å². The first-order valence-corrected chi connectivity index (χ1v) is 11.0. The highest BCUT2D eigenvalue weighted by atomic mass is 35.5. The molecule has 0 atom stereocenters. The highest BCUT2D eigenvalue weighted by molar-refractivity contribution is 6.60. The Labute approximate surface area is 211 Å². The van der Waals surface area contributed by atoms with Gasteiger partial charge in [-0.2, -0.15) is 0 Å². The van der Waals surface area contributed by atoms with Gasteiger partial charge in [-0.05, 0) is 57.6 Å². The summed E-state index contributed by atoms with van der Waals surface area (Å²) in [7, 11) is 0. The molecular weight excluding hydrogens is 491 g/mol. The number of phenolic OH excluding ortho intramolecular Hbond substituents is 2. The third-order valence-corrected chi connectivity index (χ3v) is 5.55. The molecule has 0 radical (unpaired) electrons. The van der Waals surface area contributed by atoms with Crippen LogP contribution < -0.4 is 0 Å². The van der Waals surface area contributed by atoms with E-state index in [0.717, 1.165) is 11.1 Å². The van der Waals surface area contributed by atoms with Gasteiger partial charge in [0.2, 0.25) is 0 Å². The maximum Gasteiger partial charge on any atom is 0.401 e. The van der Waals surface area contributed by atoms with Gasteiger partial charge in [0.15, 0.2) is 0 Å². The van der Waals surface area contributed by atoms with Crippen molar-refractivity contribution in [3.05, 3.63) is 119 Å². The molecule has 0 amide bonds. The highest BCUT2D eigenvalue weighted by Crippen LogP contribution is 2.56. The van der Waals surface area contributed by atoms with E-state index >= 15 is 0 Å². The molecule has 0 saturated heterocycles. The number of rotatable bonds is 2. The normalized spacial score (nSPS) is 12.1. The largest absolute Gasteiger partial charge is 0.508 e. The lowest BCUT2D eigenvalue weighted by molar-refractivity contribution is 0.219. The first kappa shape index (κ1) is 25.6. The number of hydrogen-bond donors (Lipinski definition) is 4. The fraction of sp³-hybridized carbons (Fsp3) is 0.0370. The summed E-state index contributed by atoms with van der Waals surface area (Å²) in [4.78, 5) is 17.5. The van der Waals surface area contributed by atoms with Crippen LogP contribution in [0.2, 0.25) is 0 Å². The van der Waals surface area contributed by atoms with Crippen molar-refractivity contribution < 1.29 is 30.0 Å². The molecule has 8 heteroatoms. The van der Waals surface area contributed by atoms with Gasteiger partial charge >= 0.3 is 10.9 Å². The molecule has 1 aliphatic carbocycles. The number of phenols is 2. The third-order valence-electron chi connectivity index (χ3n) is 5.55. The molecule has 4 N–H and O–H groups in total. The minimum absolute atomic E-state index is 0.249. The van der Waals surface area contributed by atoms with Gasteiger partial charge in [-0.15, -0.1) is 0 Å². The summed E-state index contributed by atoms with van der Waals surface area (Å²) in [5, 5.41) is 34.1. The predicted molar refractivity (Wildman–Crippen MR) is 135 cm³/mol. The van der Waals surface area contributed by atoms with Crippen molar-refractivity contribution >= 4 is 34.1 Å². The summed E-state index contributed by atoms with van der Waals surface area (Å²) in [5.41, 5.74) is 3.81. The Kier molecular flexibility index (Phi) is 8.02. The molecule has 0 aromatic heterocycles. The number of carboxylic acid groups (broad SMARTS) is 2. The Morgan fingerprint density at radius 1 is 0.543 bits per heavy atom. The summed E-state index contributed by atoms with van der Waals surface area (Å²) in [5.74, 6) is 0.498. The minimum Gasteiger partial charge on any atom is -0.508 e. The second kappa shape index (κ2) is 11.0. The standard InChI is InChI=1S/C25H18O2.2CHClO2/c26-19-13-9-17(10-14-19)25(18-11-15-20(27)16-12-18)23-7-3-1-5-21(23)22-6-2-4-8-24(22)25;2*2-1(3)4/h1-16,26-27H;2*(H,3,4). The molecule has 4 aromatic carbocycles. The SMILES string of the molecule is O=C(O)Cl.O=C(O)Cl.Oc1ccc(C2(c3ccc(O)cc3)c3ccccc3-c3ccccc32)cc1. The molecule has 35 heavy (non-hydrogen) atoms.